The van der Waals surface area contributed by atoms with Gasteiger partial charge in [0.1, 0.15) is 0 Å². The molecule has 2 unspecified atom stereocenters. The van der Waals surface area contributed by atoms with Crippen molar-refractivity contribution < 1.29 is 0 Å². The molecule has 3 heteroatoms. The van der Waals surface area contributed by atoms with Gasteiger partial charge in [0.25, 0.3) is 0 Å². The van der Waals surface area contributed by atoms with Crippen molar-refractivity contribution in [3.8, 4) is 0 Å². The minimum absolute atomic E-state index is 0.185. The van der Waals surface area contributed by atoms with Crippen LogP contribution in [0.4, 0.5) is 0 Å². The normalized spacial score (nSPS) is 33.9. The molecule has 16 heavy (non-hydrogen) atoms. The Morgan fingerprint density at radius 3 is 2.62 bits per heavy atom. The number of hydrogen-bond acceptors (Lipinski definition) is 2. The number of aromatic nitrogens is 2. The van der Waals surface area contributed by atoms with Crippen molar-refractivity contribution in [3.05, 3.63) is 18.0 Å². The van der Waals surface area contributed by atoms with Gasteiger partial charge in [-0.3, -0.25) is 4.68 Å². The zero-order chi connectivity index (χ0) is 12.0. The van der Waals surface area contributed by atoms with Crippen molar-refractivity contribution in [2.45, 2.75) is 45.6 Å². The quantitative estimate of drug-likeness (QED) is 0.791. The van der Waals surface area contributed by atoms with Gasteiger partial charge in [-0.05, 0) is 30.6 Å². The van der Waals surface area contributed by atoms with Crippen LogP contribution in [0, 0.1) is 11.3 Å². The van der Waals surface area contributed by atoms with Gasteiger partial charge in [0.15, 0.2) is 0 Å². The summed E-state index contributed by atoms with van der Waals surface area (Å²) in [7, 11) is 1.95. The Balaban J connectivity index is 2.30. The maximum Gasteiger partial charge on any atom is 0.0540 e. The second-order valence-electron chi connectivity index (χ2n) is 6.41. The highest BCUT2D eigenvalue weighted by Crippen LogP contribution is 2.46. The van der Waals surface area contributed by atoms with E-state index < -0.39 is 0 Å². The fourth-order valence-electron chi connectivity index (χ4n) is 3.53. The van der Waals surface area contributed by atoms with E-state index in [1.54, 1.807) is 0 Å². The first-order valence-electron chi connectivity index (χ1n) is 6.09. The summed E-state index contributed by atoms with van der Waals surface area (Å²) in [4.78, 5) is 0. The van der Waals surface area contributed by atoms with Crippen LogP contribution in [0.5, 0.6) is 0 Å². The lowest BCUT2D eigenvalue weighted by Crippen LogP contribution is -2.46. The lowest BCUT2D eigenvalue weighted by molar-refractivity contribution is 0.107. The van der Waals surface area contributed by atoms with Crippen LogP contribution in [0.25, 0.3) is 0 Å². The molecule has 2 N–H and O–H groups in total. The summed E-state index contributed by atoms with van der Waals surface area (Å²) >= 11 is 0. The Kier molecular flexibility index (Phi) is 2.61. The molecule has 0 bridgehead atoms. The SMILES string of the molecule is CC1CC(C)(C)CC(N)(c2cnn(C)c2)C1. The first-order chi connectivity index (χ1) is 7.31. The molecule has 1 aromatic rings. The molecule has 0 saturated heterocycles. The van der Waals surface area contributed by atoms with Gasteiger partial charge in [0, 0.05) is 24.3 Å². The first-order valence-corrected chi connectivity index (χ1v) is 6.09. The molecule has 0 spiro atoms. The Bertz CT molecular complexity index is 380. The van der Waals surface area contributed by atoms with Gasteiger partial charge in [-0.25, -0.2) is 0 Å². The van der Waals surface area contributed by atoms with E-state index >= 15 is 0 Å². The molecule has 3 nitrogen and oxygen atoms in total. The zero-order valence-corrected chi connectivity index (χ0v) is 10.8. The van der Waals surface area contributed by atoms with Crippen molar-refractivity contribution >= 4 is 0 Å². The molecule has 0 aromatic carbocycles. The molecule has 1 aromatic heterocycles. The maximum atomic E-state index is 6.61. The van der Waals surface area contributed by atoms with Crippen LogP contribution in [0.3, 0.4) is 0 Å². The topological polar surface area (TPSA) is 43.8 Å². The second-order valence-corrected chi connectivity index (χ2v) is 6.41. The van der Waals surface area contributed by atoms with Gasteiger partial charge in [-0.2, -0.15) is 5.10 Å². The number of aryl methyl sites for hydroxylation is 1. The summed E-state index contributed by atoms with van der Waals surface area (Å²) < 4.78 is 1.84. The van der Waals surface area contributed by atoms with Crippen molar-refractivity contribution in [2.24, 2.45) is 24.1 Å². The van der Waals surface area contributed by atoms with E-state index in [1.807, 2.05) is 17.9 Å². The summed E-state index contributed by atoms with van der Waals surface area (Å²) in [6.45, 7) is 6.94. The van der Waals surface area contributed by atoms with E-state index in [9.17, 15) is 0 Å². The third-order valence-electron chi connectivity index (χ3n) is 3.69. The summed E-state index contributed by atoms with van der Waals surface area (Å²) in [5.41, 5.74) is 7.95. The summed E-state index contributed by atoms with van der Waals surface area (Å²) in [6.07, 6.45) is 7.38. The average Bonchev–Trinajstić information content (AvgIpc) is 2.47. The van der Waals surface area contributed by atoms with Crippen molar-refractivity contribution in [1.29, 1.82) is 0 Å². The number of nitrogens with two attached hydrogens (primary N) is 1. The smallest absolute Gasteiger partial charge is 0.0540 e. The van der Waals surface area contributed by atoms with Crippen LogP contribution in [0.2, 0.25) is 0 Å². The summed E-state index contributed by atoms with van der Waals surface area (Å²) in [5.74, 6) is 0.689. The van der Waals surface area contributed by atoms with Gasteiger partial charge >= 0.3 is 0 Å². The van der Waals surface area contributed by atoms with Crippen LogP contribution < -0.4 is 5.73 Å². The lowest BCUT2D eigenvalue weighted by atomic mass is 9.63. The van der Waals surface area contributed by atoms with Crippen molar-refractivity contribution in [1.82, 2.24) is 9.78 Å². The van der Waals surface area contributed by atoms with Crippen molar-refractivity contribution in [3.63, 3.8) is 0 Å². The van der Waals surface area contributed by atoms with Crippen LogP contribution in [-0.4, -0.2) is 9.78 Å². The second kappa shape index (κ2) is 3.59. The summed E-state index contributed by atoms with van der Waals surface area (Å²) in [6, 6.07) is 0. The lowest BCUT2D eigenvalue weighted by Gasteiger charge is -2.45. The summed E-state index contributed by atoms with van der Waals surface area (Å²) in [5, 5.41) is 4.25. The van der Waals surface area contributed by atoms with E-state index in [4.69, 9.17) is 5.73 Å². The van der Waals surface area contributed by atoms with Gasteiger partial charge in [0.2, 0.25) is 0 Å². The Labute approximate surface area is 98.0 Å². The Hall–Kier alpha value is -0.830. The third-order valence-corrected chi connectivity index (χ3v) is 3.69. The highest BCUT2D eigenvalue weighted by molar-refractivity contribution is 5.20. The molecular formula is C13H23N3. The van der Waals surface area contributed by atoms with Gasteiger partial charge in [0.05, 0.1) is 6.20 Å². The molecule has 2 rings (SSSR count). The van der Waals surface area contributed by atoms with E-state index in [2.05, 4.69) is 32.1 Å². The predicted molar refractivity (Wildman–Crippen MR) is 65.9 cm³/mol. The fourth-order valence-corrected chi connectivity index (χ4v) is 3.53. The van der Waals surface area contributed by atoms with Gasteiger partial charge in [-0.1, -0.05) is 20.8 Å². The number of rotatable bonds is 1. The highest BCUT2D eigenvalue weighted by atomic mass is 15.2. The molecular weight excluding hydrogens is 198 g/mol. The Morgan fingerprint density at radius 2 is 2.12 bits per heavy atom. The average molecular weight is 221 g/mol. The van der Waals surface area contributed by atoms with E-state index in [0.29, 0.717) is 11.3 Å². The van der Waals surface area contributed by atoms with Crippen molar-refractivity contribution in [2.75, 3.05) is 0 Å². The molecule has 1 aliphatic carbocycles. The molecule has 0 amide bonds. The number of nitrogens with zero attached hydrogens (tertiary/aromatic N) is 2. The molecule has 0 radical (unpaired) electrons. The Morgan fingerprint density at radius 1 is 1.44 bits per heavy atom. The highest BCUT2D eigenvalue weighted by Gasteiger charge is 2.41. The standard InChI is InChI=1S/C13H23N3/c1-10-5-12(2,3)9-13(14,6-10)11-7-15-16(4)8-11/h7-8,10H,5-6,9,14H2,1-4H3. The molecule has 1 fully saturated rings. The van der Waals surface area contributed by atoms with Crippen LogP contribution in [-0.2, 0) is 12.6 Å². The largest absolute Gasteiger partial charge is 0.321 e. The van der Waals surface area contributed by atoms with Crippen LogP contribution in [0.1, 0.15) is 45.6 Å². The molecule has 90 valence electrons. The van der Waals surface area contributed by atoms with E-state index in [-0.39, 0.29) is 5.54 Å². The van der Waals surface area contributed by atoms with E-state index in [1.165, 1.54) is 12.0 Å². The molecule has 1 aliphatic rings. The minimum atomic E-state index is -0.185. The van der Waals surface area contributed by atoms with Gasteiger partial charge in [-0.15, -0.1) is 0 Å². The fraction of sp³-hybridized carbons (Fsp3) is 0.769. The van der Waals surface area contributed by atoms with Crippen LogP contribution in [0.15, 0.2) is 12.4 Å². The van der Waals surface area contributed by atoms with Gasteiger partial charge < -0.3 is 5.73 Å². The maximum absolute atomic E-state index is 6.61. The third kappa shape index (κ3) is 2.14. The number of hydrogen-bond donors (Lipinski definition) is 1. The zero-order valence-electron chi connectivity index (χ0n) is 10.8. The van der Waals surface area contributed by atoms with E-state index in [0.717, 1.165) is 12.8 Å². The predicted octanol–water partition coefficient (Wildman–Crippen LogP) is 2.42. The first kappa shape index (κ1) is 11.6. The molecule has 0 aliphatic heterocycles. The minimum Gasteiger partial charge on any atom is -0.321 e. The molecule has 1 saturated carbocycles. The monoisotopic (exact) mass is 221 g/mol. The molecule has 2 atom stereocenters. The van der Waals surface area contributed by atoms with Crippen LogP contribution >= 0.6 is 0 Å². The molecule has 1 heterocycles.